The monoisotopic (exact) mass is 409 g/mol. The van der Waals surface area contributed by atoms with Crippen molar-refractivity contribution in [1.29, 1.82) is 0 Å². The second-order valence-electron chi connectivity index (χ2n) is 7.90. The number of fused-ring (bicyclic) bond motifs is 2. The molecule has 1 aromatic carbocycles. The third-order valence-electron chi connectivity index (χ3n) is 5.43. The Morgan fingerprint density at radius 2 is 1.90 bits per heavy atom. The van der Waals surface area contributed by atoms with Crippen molar-refractivity contribution in [1.82, 2.24) is 19.5 Å². The van der Waals surface area contributed by atoms with Crippen LogP contribution >= 0.6 is 0 Å². The Hall–Kier alpha value is -2.88. The second kappa shape index (κ2) is 7.12. The average Bonchev–Trinajstić information content (AvgIpc) is 3.39. The van der Waals surface area contributed by atoms with Gasteiger partial charge in [-0.3, -0.25) is 9.36 Å². The summed E-state index contributed by atoms with van der Waals surface area (Å²) in [6, 6.07) is 8.95. The van der Waals surface area contributed by atoms with Crippen LogP contribution < -0.4 is 5.32 Å². The zero-order valence-electron chi connectivity index (χ0n) is 17.0. The molecule has 0 bridgehead atoms. The Morgan fingerprint density at radius 1 is 1.13 bits per heavy atom. The predicted molar refractivity (Wildman–Crippen MR) is 108 cm³/mol. The van der Waals surface area contributed by atoms with Gasteiger partial charge in [-0.2, -0.15) is 0 Å². The van der Waals surface area contributed by atoms with Crippen molar-refractivity contribution in [2.24, 2.45) is 0 Å². The first-order valence-corrected chi connectivity index (χ1v) is 10.0. The highest BCUT2D eigenvalue weighted by atomic mass is 16.8. The van der Waals surface area contributed by atoms with Gasteiger partial charge in [0.05, 0.1) is 12.4 Å². The first-order valence-electron chi connectivity index (χ1n) is 10.0. The van der Waals surface area contributed by atoms with Crippen LogP contribution in [0.5, 0.6) is 0 Å². The summed E-state index contributed by atoms with van der Waals surface area (Å²) in [6.07, 6.45) is 2.90. The van der Waals surface area contributed by atoms with E-state index in [4.69, 9.17) is 14.2 Å². The molecule has 1 N–H and O–H groups in total. The van der Waals surface area contributed by atoms with Gasteiger partial charge in [-0.05, 0) is 32.4 Å². The number of ether oxygens (including phenoxy) is 3. The highest BCUT2D eigenvalue weighted by molar-refractivity contribution is 6.06. The highest BCUT2D eigenvalue weighted by Crippen LogP contribution is 2.44. The summed E-state index contributed by atoms with van der Waals surface area (Å²) in [5.41, 5.74) is 1.58. The van der Waals surface area contributed by atoms with Gasteiger partial charge in [0.2, 0.25) is 0 Å². The number of nitrogens with one attached hydrogen (secondary N) is 1. The number of hydrogen-bond acceptors (Lipinski definition) is 7. The fourth-order valence-electron chi connectivity index (χ4n) is 4.11. The molecule has 2 aliphatic heterocycles. The van der Waals surface area contributed by atoms with Crippen LogP contribution in [0.3, 0.4) is 0 Å². The predicted octanol–water partition coefficient (Wildman–Crippen LogP) is 2.91. The number of imidazole rings is 1. The molecule has 30 heavy (non-hydrogen) atoms. The molecule has 9 nitrogen and oxygen atoms in total. The van der Waals surface area contributed by atoms with Gasteiger partial charge < -0.3 is 19.5 Å². The zero-order chi connectivity index (χ0) is 20.9. The van der Waals surface area contributed by atoms with Crippen LogP contribution in [0.15, 0.2) is 43.0 Å². The van der Waals surface area contributed by atoms with Crippen LogP contribution in [0, 0.1) is 0 Å². The minimum absolute atomic E-state index is 0.0849. The lowest BCUT2D eigenvalue weighted by atomic mass is 10.1. The van der Waals surface area contributed by atoms with E-state index in [2.05, 4.69) is 27.2 Å². The molecule has 4 atom stereocenters. The van der Waals surface area contributed by atoms with E-state index in [0.717, 1.165) is 6.42 Å². The van der Waals surface area contributed by atoms with Gasteiger partial charge >= 0.3 is 0 Å². The Kier molecular flexibility index (Phi) is 4.53. The van der Waals surface area contributed by atoms with Crippen molar-refractivity contribution < 1.29 is 19.0 Å². The third kappa shape index (κ3) is 3.15. The summed E-state index contributed by atoms with van der Waals surface area (Å²) < 4.78 is 20.3. The lowest BCUT2D eigenvalue weighted by Crippen LogP contribution is -2.28. The van der Waals surface area contributed by atoms with Crippen molar-refractivity contribution >= 4 is 22.9 Å². The van der Waals surface area contributed by atoms with Gasteiger partial charge in [-0.1, -0.05) is 25.1 Å². The normalized spacial score (nSPS) is 27.3. The van der Waals surface area contributed by atoms with Gasteiger partial charge in [0, 0.05) is 5.56 Å². The van der Waals surface area contributed by atoms with Crippen molar-refractivity contribution in [3.05, 3.63) is 48.5 Å². The summed E-state index contributed by atoms with van der Waals surface area (Å²) >= 11 is 0. The number of rotatable bonds is 4. The largest absolute Gasteiger partial charge is 0.349 e. The van der Waals surface area contributed by atoms with Gasteiger partial charge in [0.25, 0.3) is 5.91 Å². The maximum Gasteiger partial charge on any atom is 0.256 e. The molecule has 0 radical (unpaired) electrons. The molecule has 0 spiro atoms. The minimum Gasteiger partial charge on any atom is -0.349 e. The SMILES string of the molecule is CC[C@H]1O[C@@H](n2cnc3c(NC(=O)c4ccccc4)ncnc32)[C@@H]2OC(C)(C)O[C@@H]21. The highest BCUT2D eigenvalue weighted by Gasteiger charge is 2.55. The first-order chi connectivity index (χ1) is 14.5. The van der Waals surface area contributed by atoms with E-state index in [1.165, 1.54) is 6.33 Å². The smallest absolute Gasteiger partial charge is 0.256 e. The van der Waals surface area contributed by atoms with Crippen LogP contribution in [0.1, 0.15) is 43.8 Å². The maximum absolute atomic E-state index is 12.6. The van der Waals surface area contributed by atoms with E-state index in [0.29, 0.717) is 22.5 Å². The summed E-state index contributed by atoms with van der Waals surface area (Å²) in [6.45, 7) is 5.87. The topological polar surface area (TPSA) is 100 Å². The fraction of sp³-hybridized carbons (Fsp3) is 0.429. The van der Waals surface area contributed by atoms with Gasteiger partial charge in [0.15, 0.2) is 29.0 Å². The average molecular weight is 409 g/mol. The number of carbonyl (C=O) groups excluding carboxylic acids is 1. The molecule has 156 valence electrons. The van der Waals surface area contributed by atoms with E-state index >= 15 is 0 Å². The summed E-state index contributed by atoms with van der Waals surface area (Å²) in [5, 5.41) is 2.82. The Balaban J connectivity index is 1.47. The van der Waals surface area contributed by atoms with Crippen molar-refractivity contribution in [2.75, 3.05) is 5.32 Å². The molecular weight excluding hydrogens is 386 g/mol. The Morgan fingerprint density at radius 3 is 2.67 bits per heavy atom. The molecule has 1 amide bonds. The molecule has 3 aromatic rings. The van der Waals surface area contributed by atoms with Crippen molar-refractivity contribution in [3.63, 3.8) is 0 Å². The molecular formula is C21H23N5O4. The number of anilines is 1. The fourth-order valence-corrected chi connectivity index (χ4v) is 4.11. The lowest BCUT2D eigenvalue weighted by Gasteiger charge is -2.24. The minimum atomic E-state index is -0.676. The van der Waals surface area contributed by atoms with E-state index in [1.807, 2.05) is 36.6 Å². The molecule has 0 unspecified atom stereocenters. The second-order valence-corrected chi connectivity index (χ2v) is 7.90. The van der Waals surface area contributed by atoms with Crippen LogP contribution in [0.2, 0.25) is 0 Å². The van der Waals surface area contributed by atoms with Crippen molar-refractivity contribution in [2.45, 2.75) is 57.5 Å². The maximum atomic E-state index is 12.6. The molecule has 0 saturated carbocycles. The van der Waals surface area contributed by atoms with E-state index in [-0.39, 0.29) is 24.2 Å². The van der Waals surface area contributed by atoms with Gasteiger partial charge in [0.1, 0.15) is 18.5 Å². The molecule has 2 aromatic heterocycles. The molecule has 0 aliphatic carbocycles. The van der Waals surface area contributed by atoms with Gasteiger partial charge in [-0.25, -0.2) is 15.0 Å². The summed E-state index contributed by atoms with van der Waals surface area (Å²) in [5.74, 6) is -0.592. The van der Waals surface area contributed by atoms with E-state index < -0.39 is 12.0 Å². The Labute approximate surface area is 173 Å². The first kappa shape index (κ1) is 19.1. The molecule has 2 aliphatic rings. The van der Waals surface area contributed by atoms with Crippen LogP contribution in [0.25, 0.3) is 11.2 Å². The zero-order valence-corrected chi connectivity index (χ0v) is 17.0. The number of aromatic nitrogens is 4. The quantitative estimate of drug-likeness (QED) is 0.707. The van der Waals surface area contributed by atoms with Crippen molar-refractivity contribution in [3.8, 4) is 0 Å². The van der Waals surface area contributed by atoms with E-state index in [9.17, 15) is 4.79 Å². The number of carbonyl (C=O) groups is 1. The number of benzene rings is 1. The Bertz CT molecular complexity index is 1080. The molecule has 9 heteroatoms. The van der Waals surface area contributed by atoms with Crippen LogP contribution in [0.4, 0.5) is 5.82 Å². The molecule has 4 heterocycles. The summed E-state index contributed by atoms with van der Waals surface area (Å²) in [4.78, 5) is 25.6. The molecule has 2 fully saturated rings. The summed E-state index contributed by atoms with van der Waals surface area (Å²) in [7, 11) is 0. The number of amides is 1. The van der Waals surface area contributed by atoms with Crippen LogP contribution in [-0.4, -0.2) is 49.5 Å². The lowest BCUT2D eigenvalue weighted by molar-refractivity contribution is -0.196. The number of hydrogen-bond donors (Lipinski definition) is 1. The van der Waals surface area contributed by atoms with Gasteiger partial charge in [-0.15, -0.1) is 0 Å². The molecule has 5 rings (SSSR count). The standard InChI is InChI=1S/C21H23N5O4/c1-4-13-15-16(30-21(2,3)29-15)20(28-13)26-11-24-14-17(22-10-23-18(14)26)25-19(27)12-8-6-5-7-9-12/h5-11,13,15-16,20H,4H2,1-3H3,(H,22,23,25,27)/t13-,15-,16-,20-/m1/s1. The number of nitrogens with zero attached hydrogens (tertiary/aromatic N) is 4. The van der Waals surface area contributed by atoms with E-state index in [1.54, 1.807) is 18.5 Å². The third-order valence-corrected chi connectivity index (χ3v) is 5.43. The van der Waals surface area contributed by atoms with Crippen LogP contribution in [-0.2, 0) is 14.2 Å². The molecule has 2 saturated heterocycles.